The molecule has 0 radical (unpaired) electrons. The lowest BCUT2D eigenvalue weighted by Crippen LogP contribution is -2.58. The smallest absolute Gasteiger partial charge is 0.326 e. The van der Waals surface area contributed by atoms with Crippen LogP contribution in [-0.4, -0.2) is 69.7 Å². The van der Waals surface area contributed by atoms with Crippen molar-refractivity contribution in [1.29, 1.82) is 0 Å². The molecule has 0 saturated carbocycles. The summed E-state index contributed by atoms with van der Waals surface area (Å²) in [7, 11) is 0. The molecular weight excluding hydrogens is 466 g/mol. The van der Waals surface area contributed by atoms with Crippen LogP contribution in [0.15, 0.2) is 24.3 Å². The summed E-state index contributed by atoms with van der Waals surface area (Å²) in [6.07, 6.45) is -0.635. The van der Waals surface area contributed by atoms with Gasteiger partial charge in [-0.2, -0.15) is 12.6 Å². The van der Waals surface area contributed by atoms with Gasteiger partial charge < -0.3 is 37.6 Å². The zero-order valence-corrected chi connectivity index (χ0v) is 19.7. The Bertz CT molecular complexity index is 894. The van der Waals surface area contributed by atoms with E-state index >= 15 is 0 Å². The molecule has 0 aliphatic carbocycles. The summed E-state index contributed by atoms with van der Waals surface area (Å²) in [4.78, 5) is 60.9. The molecule has 1 rings (SSSR count). The zero-order valence-electron chi connectivity index (χ0n) is 18.9. The van der Waals surface area contributed by atoms with Crippen molar-refractivity contribution in [3.05, 3.63) is 29.8 Å². The second-order valence-corrected chi connectivity index (χ2v) is 8.39. The number of aromatic hydroxyl groups is 1. The lowest BCUT2D eigenvalue weighted by molar-refractivity contribution is -0.143. The van der Waals surface area contributed by atoms with Crippen LogP contribution in [0.1, 0.15) is 25.8 Å². The average molecular weight is 498 g/mol. The van der Waals surface area contributed by atoms with E-state index < -0.39 is 66.1 Å². The highest BCUT2D eigenvalue weighted by Gasteiger charge is 2.32. The fourth-order valence-electron chi connectivity index (χ4n) is 2.89. The van der Waals surface area contributed by atoms with Crippen molar-refractivity contribution in [2.75, 3.05) is 5.75 Å². The predicted molar refractivity (Wildman–Crippen MR) is 126 cm³/mol. The molecule has 0 heterocycles. The topological polar surface area (TPSA) is 214 Å². The molecule has 0 aliphatic heterocycles. The van der Waals surface area contributed by atoms with Gasteiger partial charge in [0.15, 0.2) is 0 Å². The van der Waals surface area contributed by atoms with Gasteiger partial charge in [0.2, 0.25) is 23.6 Å². The number of hydrogen-bond acceptors (Lipinski definition) is 8. The van der Waals surface area contributed by atoms with Gasteiger partial charge in [0.25, 0.3) is 0 Å². The summed E-state index contributed by atoms with van der Waals surface area (Å²) in [5, 5.41) is 26.0. The lowest BCUT2D eigenvalue weighted by atomic mass is 10.0. The molecule has 12 nitrogen and oxygen atoms in total. The molecule has 9 N–H and O–H groups in total. The van der Waals surface area contributed by atoms with E-state index in [0.717, 1.165) is 0 Å². The molecule has 4 atom stereocenters. The van der Waals surface area contributed by atoms with Crippen molar-refractivity contribution < 1.29 is 34.2 Å². The number of amides is 4. The van der Waals surface area contributed by atoms with Crippen LogP contribution in [0.3, 0.4) is 0 Å². The number of nitrogens with two attached hydrogens (primary N) is 2. The minimum absolute atomic E-state index is 0.00991. The van der Waals surface area contributed by atoms with E-state index in [0.29, 0.717) is 5.56 Å². The number of aliphatic carboxylic acids is 1. The minimum atomic E-state index is -1.42. The Morgan fingerprint density at radius 1 is 0.941 bits per heavy atom. The minimum Gasteiger partial charge on any atom is -0.508 e. The highest BCUT2D eigenvalue weighted by molar-refractivity contribution is 7.80. The number of thiol groups is 1. The SMILES string of the molecule is CC(C)C(NC(=O)C(Cc1ccc(O)cc1)NC(=O)C(CC(N)=O)NC(=O)C(N)CS)C(=O)O. The number of rotatable bonds is 13. The van der Waals surface area contributed by atoms with E-state index in [9.17, 15) is 34.2 Å². The summed E-state index contributed by atoms with van der Waals surface area (Å²) in [6.45, 7) is 3.21. The molecule has 0 bridgehead atoms. The molecule has 0 fully saturated rings. The van der Waals surface area contributed by atoms with E-state index in [-0.39, 0.29) is 17.9 Å². The first-order valence-corrected chi connectivity index (χ1v) is 11.1. The quantitative estimate of drug-likeness (QED) is 0.146. The van der Waals surface area contributed by atoms with Crippen LogP contribution < -0.4 is 27.4 Å². The molecule has 0 aliphatic rings. The fourth-order valence-corrected chi connectivity index (χ4v) is 3.05. The van der Waals surface area contributed by atoms with Gasteiger partial charge in [-0.05, 0) is 23.6 Å². The second kappa shape index (κ2) is 13.4. The summed E-state index contributed by atoms with van der Waals surface area (Å²) < 4.78 is 0. The number of primary amides is 1. The molecule has 188 valence electrons. The molecule has 0 aromatic heterocycles. The maximum absolute atomic E-state index is 12.9. The molecule has 0 spiro atoms. The number of carboxylic acid groups (broad SMARTS) is 1. The molecule has 34 heavy (non-hydrogen) atoms. The van der Waals surface area contributed by atoms with Gasteiger partial charge in [0.1, 0.15) is 23.9 Å². The Kier molecular flexibility index (Phi) is 11.3. The Balaban J connectivity index is 3.16. The normalized spacial score (nSPS) is 14.4. The number of nitrogens with one attached hydrogen (secondary N) is 3. The molecule has 1 aromatic carbocycles. The average Bonchev–Trinajstić information content (AvgIpc) is 2.76. The van der Waals surface area contributed by atoms with Crippen LogP contribution in [-0.2, 0) is 30.4 Å². The predicted octanol–water partition coefficient (Wildman–Crippen LogP) is -1.74. The Hall–Kier alpha value is -3.32. The van der Waals surface area contributed by atoms with Crippen molar-refractivity contribution in [3.63, 3.8) is 0 Å². The van der Waals surface area contributed by atoms with E-state index in [1.54, 1.807) is 13.8 Å². The first-order valence-electron chi connectivity index (χ1n) is 10.4. The third-order valence-electron chi connectivity index (χ3n) is 4.81. The van der Waals surface area contributed by atoms with Crippen molar-refractivity contribution in [2.24, 2.45) is 17.4 Å². The van der Waals surface area contributed by atoms with E-state index in [1.807, 2.05) is 0 Å². The summed E-state index contributed by atoms with van der Waals surface area (Å²) >= 11 is 3.91. The molecule has 4 amide bonds. The van der Waals surface area contributed by atoms with Gasteiger partial charge in [-0.1, -0.05) is 26.0 Å². The van der Waals surface area contributed by atoms with Gasteiger partial charge in [-0.3, -0.25) is 19.2 Å². The Labute approximate surface area is 202 Å². The number of benzene rings is 1. The van der Waals surface area contributed by atoms with Crippen molar-refractivity contribution in [2.45, 2.75) is 50.9 Å². The van der Waals surface area contributed by atoms with Crippen LogP contribution in [0, 0.1) is 5.92 Å². The first-order chi connectivity index (χ1) is 15.8. The van der Waals surface area contributed by atoms with Gasteiger partial charge in [-0.25, -0.2) is 4.79 Å². The number of carboxylic acids is 1. The van der Waals surface area contributed by atoms with Crippen LogP contribution >= 0.6 is 12.6 Å². The van der Waals surface area contributed by atoms with E-state index in [1.165, 1.54) is 24.3 Å². The standard InChI is InChI=1S/C21H31N5O7S/c1-10(2)17(21(32)33)26-20(31)14(7-11-3-5-12(27)6-4-11)25-19(30)15(8-16(23)28)24-18(29)13(22)9-34/h3-6,10,13-15,17,27,34H,7-9,22H2,1-2H3,(H2,23,28)(H,24,29)(H,25,30)(H,26,31)(H,32,33). The van der Waals surface area contributed by atoms with Crippen LogP contribution in [0.4, 0.5) is 0 Å². The van der Waals surface area contributed by atoms with E-state index in [4.69, 9.17) is 11.5 Å². The van der Waals surface area contributed by atoms with Crippen molar-refractivity contribution in [3.8, 4) is 5.75 Å². The number of hydrogen-bond donors (Lipinski definition) is 8. The number of phenolic OH excluding ortho intramolecular Hbond substituents is 1. The zero-order chi connectivity index (χ0) is 26.0. The van der Waals surface area contributed by atoms with Gasteiger partial charge in [0.05, 0.1) is 12.5 Å². The summed E-state index contributed by atoms with van der Waals surface area (Å²) in [5.74, 6) is -5.05. The monoisotopic (exact) mass is 497 g/mol. The largest absolute Gasteiger partial charge is 0.508 e. The molecule has 13 heteroatoms. The molecular formula is C21H31N5O7S. The van der Waals surface area contributed by atoms with Crippen LogP contribution in [0.5, 0.6) is 5.75 Å². The third-order valence-corrected chi connectivity index (χ3v) is 5.20. The van der Waals surface area contributed by atoms with Gasteiger partial charge >= 0.3 is 5.97 Å². The first kappa shape index (κ1) is 28.7. The van der Waals surface area contributed by atoms with Crippen molar-refractivity contribution in [1.82, 2.24) is 16.0 Å². The molecule has 4 unspecified atom stereocenters. The second-order valence-electron chi connectivity index (χ2n) is 8.02. The fraction of sp³-hybridized carbons (Fsp3) is 0.476. The highest BCUT2D eigenvalue weighted by Crippen LogP contribution is 2.12. The Morgan fingerprint density at radius 2 is 1.47 bits per heavy atom. The maximum atomic E-state index is 12.9. The molecule has 0 saturated heterocycles. The lowest BCUT2D eigenvalue weighted by Gasteiger charge is -2.25. The van der Waals surface area contributed by atoms with Gasteiger partial charge in [0, 0.05) is 12.2 Å². The number of phenols is 1. The third kappa shape index (κ3) is 9.27. The van der Waals surface area contributed by atoms with Crippen molar-refractivity contribution >= 4 is 42.2 Å². The summed E-state index contributed by atoms with van der Waals surface area (Å²) in [6, 6.07) is 0.839. The van der Waals surface area contributed by atoms with Crippen LogP contribution in [0.25, 0.3) is 0 Å². The van der Waals surface area contributed by atoms with Crippen LogP contribution in [0.2, 0.25) is 0 Å². The highest BCUT2D eigenvalue weighted by atomic mass is 32.1. The Morgan fingerprint density at radius 3 is 1.94 bits per heavy atom. The molecule has 1 aromatic rings. The maximum Gasteiger partial charge on any atom is 0.326 e. The van der Waals surface area contributed by atoms with Gasteiger partial charge in [-0.15, -0.1) is 0 Å². The summed E-state index contributed by atoms with van der Waals surface area (Å²) in [5.41, 5.74) is 11.3. The van der Waals surface area contributed by atoms with E-state index in [2.05, 4.69) is 28.6 Å². The number of carbonyl (C=O) groups is 5. The number of carbonyl (C=O) groups excluding carboxylic acids is 4.